The number of aromatic nitrogens is 2. The number of carbonyl (C=O) groups is 2. The van der Waals surface area contributed by atoms with Crippen LogP contribution in [0, 0.1) is 0 Å². The monoisotopic (exact) mass is 411 g/mol. The van der Waals surface area contributed by atoms with E-state index in [1.54, 1.807) is 4.90 Å². The number of nitrogens with one attached hydrogen (secondary N) is 1. The Balaban J connectivity index is 1.70. The minimum absolute atomic E-state index is 0.0289. The van der Waals surface area contributed by atoms with E-state index in [9.17, 15) is 9.59 Å². The molecular formula is C22H29N5O3. The number of nitrogens with zero attached hydrogens (tertiary/aromatic N) is 4. The second kappa shape index (κ2) is 8.38. The van der Waals surface area contributed by atoms with Gasteiger partial charge in [0.1, 0.15) is 11.6 Å². The van der Waals surface area contributed by atoms with E-state index < -0.39 is 5.97 Å². The molecule has 0 bridgehead atoms. The summed E-state index contributed by atoms with van der Waals surface area (Å²) in [6.07, 6.45) is 5.08. The Labute approximate surface area is 177 Å². The molecule has 0 spiro atoms. The summed E-state index contributed by atoms with van der Waals surface area (Å²) >= 11 is 0. The SMILES string of the molecule is C=N/C(NC1(C)CC1)=C(\C)C(C(=O)N1CC(c2ncc(C(=O)OC)cn2)C1)=C(C)C. The zero-order chi connectivity index (χ0) is 22.1. The fraction of sp³-hybridized carbons (Fsp3) is 0.500. The number of ether oxygens (including phenoxy) is 1. The Hall–Kier alpha value is -3.03. The van der Waals surface area contributed by atoms with Crippen molar-refractivity contribution in [3.63, 3.8) is 0 Å². The number of methoxy groups -OCH3 is 1. The fourth-order valence-electron chi connectivity index (χ4n) is 3.46. The van der Waals surface area contributed by atoms with E-state index in [0.717, 1.165) is 24.0 Å². The molecule has 2 aliphatic rings. The maximum Gasteiger partial charge on any atom is 0.341 e. The third-order valence-corrected chi connectivity index (χ3v) is 5.65. The molecule has 8 nitrogen and oxygen atoms in total. The molecule has 0 radical (unpaired) electrons. The van der Waals surface area contributed by atoms with Crippen molar-refractivity contribution < 1.29 is 14.3 Å². The topological polar surface area (TPSA) is 96.8 Å². The molecule has 1 saturated carbocycles. The van der Waals surface area contributed by atoms with Crippen LogP contribution in [0.25, 0.3) is 0 Å². The van der Waals surface area contributed by atoms with Crippen LogP contribution in [-0.4, -0.2) is 59.2 Å². The van der Waals surface area contributed by atoms with Crippen molar-refractivity contribution in [2.24, 2.45) is 4.99 Å². The highest BCUT2D eigenvalue weighted by Gasteiger charge is 2.39. The summed E-state index contributed by atoms with van der Waals surface area (Å²) in [5, 5.41) is 3.42. The minimum Gasteiger partial charge on any atom is -0.465 e. The van der Waals surface area contributed by atoms with E-state index in [4.69, 9.17) is 0 Å². The first-order valence-electron chi connectivity index (χ1n) is 10.0. The van der Waals surface area contributed by atoms with Gasteiger partial charge in [0.2, 0.25) is 0 Å². The van der Waals surface area contributed by atoms with Gasteiger partial charge >= 0.3 is 5.97 Å². The third kappa shape index (κ3) is 4.42. The molecule has 1 amide bonds. The molecule has 1 N–H and O–H groups in total. The van der Waals surface area contributed by atoms with Gasteiger partial charge in [0.15, 0.2) is 0 Å². The number of likely N-dealkylation sites (tertiary alicyclic amines) is 1. The standard InChI is InChI=1S/C22H29N5O3/c1-13(2)17(14(3)18(23-5)26-22(4)7-8-22)20(28)27-11-16(12-27)19-24-9-15(10-25-19)21(29)30-6/h9-10,16,26H,5,7-8,11-12H2,1-4,6H3/b18-14-. The Morgan fingerprint density at radius 1 is 1.23 bits per heavy atom. The van der Waals surface area contributed by atoms with Crippen molar-refractivity contribution >= 4 is 18.6 Å². The number of amides is 1. The Kier molecular flexibility index (Phi) is 6.05. The maximum absolute atomic E-state index is 13.2. The summed E-state index contributed by atoms with van der Waals surface area (Å²) in [5.41, 5.74) is 2.76. The molecule has 1 aromatic heterocycles. The summed E-state index contributed by atoms with van der Waals surface area (Å²) in [6.45, 7) is 12.7. The van der Waals surface area contributed by atoms with Crippen LogP contribution in [0.1, 0.15) is 62.6 Å². The van der Waals surface area contributed by atoms with E-state index in [0.29, 0.717) is 35.9 Å². The first-order valence-corrected chi connectivity index (χ1v) is 10.0. The lowest BCUT2D eigenvalue weighted by molar-refractivity contribution is -0.131. The molecule has 1 aliphatic carbocycles. The number of esters is 1. The number of rotatable bonds is 7. The molecule has 8 heteroatoms. The molecule has 0 unspecified atom stereocenters. The van der Waals surface area contributed by atoms with Gasteiger partial charge in [-0.3, -0.25) is 4.79 Å². The predicted molar refractivity (Wildman–Crippen MR) is 114 cm³/mol. The second-order valence-corrected chi connectivity index (χ2v) is 8.42. The molecule has 0 aromatic carbocycles. The van der Waals surface area contributed by atoms with Gasteiger partial charge < -0.3 is 15.0 Å². The first-order chi connectivity index (χ1) is 14.2. The van der Waals surface area contributed by atoms with E-state index >= 15 is 0 Å². The summed E-state index contributed by atoms with van der Waals surface area (Å²) in [5.74, 6) is 0.832. The molecule has 30 heavy (non-hydrogen) atoms. The van der Waals surface area contributed by atoms with Crippen LogP contribution in [0.4, 0.5) is 0 Å². The normalized spacial score (nSPS) is 18.0. The Morgan fingerprint density at radius 2 is 1.83 bits per heavy atom. The van der Waals surface area contributed by atoms with Gasteiger partial charge in [-0.1, -0.05) is 5.57 Å². The van der Waals surface area contributed by atoms with Gasteiger partial charge in [-0.15, -0.1) is 0 Å². The van der Waals surface area contributed by atoms with E-state index in [1.165, 1.54) is 19.5 Å². The predicted octanol–water partition coefficient (Wildman–Crippen LogP) is 2.60. The quantitative estimate of drug-likeness (QED) is 0.321. The Morgan fingerprint density at radius 3 is 2.30 bits per heavy atom. The molecule has 0 atom stereocenters. The van der Waals surface area contributed by atoms with Gasteiger partial charge in [-0.2, -0.15) is 0 Å². The number of hydrogen-bond donors (Lipinski definition) is 1. The lowest BCUT2D eigenvalue weighted by Crippen LogP contribution is -2.50. The van der Waals surface area contributed by atoms with Crippen LogP contribution in [0.2, 0.25) is 0 Å². The van der Waals surface area contributed by atoms with E-state index in [2.05, 4.69) is 38.7 Å². The van der Waals surface area contributed by atoms with Crippen molar-refractivity contribution in [2.45, 2.75) is 52.0 Å². The Bertz CT molecular complexity index is 919. The lowest BCUT2D eigenvalue weighted by Gasteiger charge is -2.39. The highest BCUT2D eigenvalue weighted by atomic mass is 16.5. The largest absolute Gasteiger partial charge is 0.465 e. The van der Waals surface area contributed by atoms with E-state index in [1.807, 2.05) is 20.8 Å². The zero-order valence-corrected chi connectivity index (χ0v) is 18.3. The van der Waals surface area contributed by atoms with Crippen LogP contribution in [0.3, 0.4) is 0 Å². The molecule has 160 valence electrons. The number of carbonyl (C=O) groups excluding carboxylic acids is 2. The fourth-order valence-corrected chi connectivity index (χ4v) is 3.46. The van der Waals surface area contributed by atoms with Gasteiger partial charge in [-0.05, 0) is 47.3 Å². The number of hydrogen-bond acceptors (Lipinski definition) is 7. The van der Waals surface area contributed by atoms with Crippen molar-refractivity contribution in [2.75, 3.05) is 20.2 Å². The lowest BCUT2D eigenvalue weighted by atomic mass is 9.94. The highest BCUT2D eigenvalue weighted by molar-refractivity contribution is 5.99. The molecule has 1 saturated heterocycles. The maximum atomic E-state index is 13.2. The highest BCUT2D eigenvalue weighted by Crippen LogP contribution is 2.36. The van der Waals surface area contributed by atoms with Gasteiger partial charge in [-0.25, -0.2) is 19.8 Å². The summed E-state index contributed by atoms with van der Waals surface area (Å²) < 4.78 is 4.66. The zero-order valence-electron chi connectivity index (χ0n) is 18.3. The van der Waals surface area contributed by atoms with Crippen molar-refractivity contribution in [3.8, 4) is 0 Å². The molecule has 2 heterocycles. The molecular weight excluding hydrogens is 382 g/mol. The van der Waals surface area contributed by atoms with Gasteiger partial charge in [0, 0.05) is 42.2 Å². The molecule has 1 aliphatic heterocycles. The summed E-state index contributed by atoms with van der Waals surface area (Å²) in [4.78, 5) is 39.2. The average Bonchev–Trinajstić information content (AvgIpc) is 3.41. The van der Waals surface area contributed by atoms with Crippen molar-refractivity contribution in [1.82, 2.24) is 20.2 Å². The first kappa shape index (κ1) is 21.7. The molecule has 2 fully saturated rings. The van der Waals surface area contributed by atoms with Gasteiger partial charge in [0.25, 0.3) is 5.91 Å². The van der Waals surface area contributed by atoms with Crippen LogP contribution in [0.15, 0.2) is 39.9 Å². The number of allylic oxidation sites excluding steroid dienone is 1. The number of aliphatic imine (C=N–C) groups is 1. The second-order valence-electron chi connectivity index (χ2n) is 8.42. The third-order valence-electron chi connectivity index (χ3n) is 5.65. The summed E-state index contributed by atoms with van der Waals surface area (Å²) in [7, 11) is 1.32. The summed E-state index contributed by atoms with van der Waals surface area (Å²) in [6, 6.07) is 0. The average molecular weight is 412 g/mol. The van der Waals surface area contributed by atoms with Crippen LogP contribution < -0.4 is 5.32 Å². The van der Waals surface area contributed by atoms with Crippen LogP contribution in [-0.2, 0) is 9.53 Å². The van der Waals surface area contributed by atoms with Crippen molar-refractivity contribution in [1.29, 1.82) is 0 Å². The molecule has 3 rings (SSSR count). The van der Waals surface area contributed by atoms with E-state index in [-0.39, 0.29) is 17.4 Å². The van der Waals surface area contributed by atoms with Crippen molar-refractivity contribution in [3.05, 3.63) is 46.3 Å². The van der Waals surface area contributed by atoms with Gasteiger partial charge in [0.05, 0.1) is 18.6 Å². The van der Waals surface area contributed by atoms with Crippen LogP contribution >= 0.6 is 0 Å². The van der Waals surface area contributed by atoms with Crippen LogP contribution in [0.5, 0.6) is 0 Å². The molecule has 1 aromatic rings. The minimum atomic E-state index is -0.470. The smallest absolute Gasteiger partial charge is 0.341 e.